The Morgan fingerprint density at radius 2 is 1.85 bits per heavy atom. The number of aliphatic carboxylic acids is 1. The predicted octanol–water partition coefficient (Wildman–Crippen LogP) is 2.39. The highest BCUT2D eigenvalue weighted by molar-refractivity contribution is 8.82. The zero-order valence-corrected chi connectivity index (χ0v) is 9.28. The summed E-state index contributed by atoms with van der Waals surface area (Å²) >= 11 is 0. The van der Waals surface area contributed by atoms with Gasteiger partial charge in [-0.3, -0.25) is 4.79 Å². The Labute approximate surface area is 84.8 Å². The van der Waals surface area contributed by atoms with Crippen LogP contribution in [-0.2, 0) is 9.53 Å². The fourth-order valence-electron chi connectivity index (χ4n) is 0.365. The fourth-order valence-corrected chi connectivity index (χ4v) is 1.94. The number of carboxylic acid groups (broad SMARTS) is 1. The number of carboxylic acids is 1. The van der Waals surface area contributed by atoms with Crippen LogP contribution in [0.15, 0.2) is 0 Å². The summed E-state index contributed by atoms with van der Waals surface area (Å²) in [5, 5.41) is 7.43. The van der Waals surface area contributed by atoms with Crippen molar-refractivity contribution in [3.8, 4) is 0 Å². The molecule has 6 heteroatoms. The van der Waals surface area contributed by atoms with Gasteiger partial charge in [0.1, 0.15) is 5.25 Å². The summed E-state index contributed by atoms with van der Waals surface area (Å²) in [6, 6.07) is 0. The van der Waals surface area contributed by atoms with Crippen molar-refractivity contribution in [2.75, 3.05) is 0 Å². The SMILES string of the molecule is CC(C)OC(=O)SSC(C)C(=O)O. The Bertz CT molecular complexity index is 193. The zero-order chi connectivity index (χ0) is 10.4. The van der Waals surface area contributed by atoms with Crippen molar-refractivity contribution in [2.45, 2.75) is 32.1 Å². The van der Waals surface area contributed by atoms with E-state index in [0.717, 1.165) is 21.6 Å². The maximum Gasteiger partial charge on any atom is 0.378 e. The molecule has 0 aromatic carbocycles. The highest BCUT2D eigenvalue weighted by Gasteiger charge is 2.15. The van der Waals surface area contributed by atoms with Crippen molar-refractivity contribution in [1.82, 2.24) is 0 Å². The van der Waals surface area contributed by atoms with Crippen LogP contribution in [-0.4, -0.2) is 27.7 Å². The number of carbonyl (C=O) groups excluding carboxylic acids is 1. The van der Waals surface area contributed by atoms with Gasteiger partial charge in [-0.15, -0.1) is 0 Å². The van der Waals surface area contributed by atoms with Crippen LogP contribution in [0.2, 0.25) is 0 Å². The highest BCUT2D eigenvalue weighted by atomic mass is 33.1. The van der Waals surface area contributed by atoms with Gasteiger partial charge in [-0.2, -0.15) is 0 Å². The first-order valence-electron chi connectivity index (χ1n) is 3.70. The zero-order valence-electron chi connectivity index (χ0n) is 7.64. The molecular formula is C7H12O4S2. The van der Waals surface area contributed by atoms with E-state index in [0.29, 0.717) is 0 Å². The normalized spacial score (nSPS) is 12.6. The van der Waals surface area contributed by atoms with E-state index >= 15 is 0 Å². The monoisotopic (exact) mass is 224 g/mol. The average Bonchev–Trinajstić information content (AvgIpc) is 1.98. The smallest absolute Gasteiger partial charge is 0.378 e. The second kappa shape index (κ2) is 6.15. The maximum absolute atomic E-state index is 10.9. The molecule has 0 aliphatic heterocycles. The Hall–Kier alpha value is -0.360. The van der Waals surface area contributed by atoms with E-state index in [1.807, 2.05) is 0 Å². The second-order valence-electron chi connectivity index (χ2n) is 2.58. The first kappa shape index (κ1) is 12.6. The van der Waals surface area contributed by atoms with Gasteiger partial charge in [0.2, 0.25) is 0 Å². The van der Waals surface area contributed by atoms with Gasteiger partial charge >= 0.3 is 11.3 Å². The first-order chi connectivity index (χ1) is 5.93. The van der Waals surface area contributed by atoms with Crippen molar-refractivity contribution in [3.63, 3.8) is 0 Å². The van der Waals surface area contributed by atoms with E-state index in [-0.39, 0.29) is 6.10 Å². The number of hydrogen-bond donors (Lipinski definition) is 1. The summed E-state index contributed by atoms with van der Waals surface area (Å²) in [6.07, 6.45) is -0.166. The van der Waals surface area contributed by atoms with Crippen LogP contribution in [0, 0.1) is 0 Å². The van der Waals surface area contributed by atoms with Crippen LogP contribution in [0.3, 0.4) is 0 Å². The van der Waals surface area contributed by atoms with Crippen LogP contribution in [0.4, 0.5) is 4.79 Å². The molecule has 13 heavy (non-hydrogen) atoms. The molecule has 0 aromatic heterocycles. The van der Waals surface area contributed by atoms with Gasteiger partial charge in [-0.25, -0.2) is 4.79 Å². The summed E-state index contributed by atoms with van der Waals surface area (Å²) in [7, 11) is 1.79. The summed E-state index contributed by atoms with van der Waals surface area (Å²) in [5.41, 5.74) is 0. The van der Waals surface area contributed by atoms with Crippen molar-refractivity contribution < 1.29 is 19.4 Å². The lowest BCUT2D eigenvalue weighted by molar-refractivity contribution is -0.136. The number of rotatable bonds is 4. The molecule has 4 nitrogen and oxygen atoms in total. The molecule has 0 saturated heterocycles. The predicted molar refractivity (Wildman–Crippen MR) is 53.9 cm³/mol. The van der Waals surface area contributed by atoms with E-state index in [1.165, 1.54) is 6.92 Å². The number of hydrogen-bond acceptors (Lipinski definition) is 5. The standard InChI is InChI=1S/C7H12O4S2/c1-4(2)11-7(10)13-12-5(3)6(8)9/h4-5H,1-3H3,(H,8,9). The van der Waals surface area contributed by atoms with E-state index in [9.17, 15) is 9.59 Å². The van der Waals surface area contributed by atoms with Crippen LogP contribution < -0.4 is 0 Å². The van der Waals surface area contributed by atoms with E-state index in [2.05, 4.69) is 0 Å². The lowest BCUT2D eigenvalue weighted by Crippen LogP contribution is -2.11. The van der Waals surface area contributed by atoms with Crippen LogP contribution in [0.5, 0.6) is 0 Å². The molecule has 0 aromatic rings. The van der Waals surface area contributed by atoms with Crippen LogP contribution >= 0.6 is 21.6 Å². The lowest BCUT2D eigenvalue weighted by Gasteiger charge is -2.07. The molecule has 0 heterocycles. The minimum atomic E-state index is -0.935. The molecule has 76 valence electrons. The fraction of sp³-hybridized carbons (Fsp3) is 0.714. The second-order valence-corrected chi connectivity index (χ2v) is 5.05. The molecule has 1 N–H and O–H groups in total. The van der Waals surface area contributed by atoms with Gasteiger partial charge in [0.15, 0.2) is 0 Å². The van der Waals surface area contributed by atoms with Crippen LogP contribution in [0.25, 0.3) is 0 Å². The van der Waals surface area contributed by atoms with Gasteiger partial charge < -0.3 is 9.84 Å². The van der Waals surface area contributed by atoms with E-state index in [1.54, 1.807) is 13.8 Å². The minimum Gasteiger partial charge on any atom is -0.480 e. The van der Waals surface area contributed by atoms with Crippen molar-refractivity contribution in [1.29, 1.82) is 0 Å². The summed E-state index contributed by atoms with van der Waals surface area (Å²) < 4.78 is 4.79. The van der Waals surface area contributed by atoms with Gasteiger partial charge in [-0.1, -0.05) is 10.8 Å². The molecule has 0 radical (unpaired) electrons. The Morgan fingerprint density at radius 1 is 1.31 bits per heavy atom. The molecule has 0 rings (SSSR count). The van der Waals surface area contributed by atoms with E-state index < -0.39 is 16.5 Å². The van der Waals surface area contributed by atoms with Crippen molar-refractivity contribution in [3.05, 3.63) is 0 Å². The molecule has 0 aliphatic rings. The quantitative estimate of drug-likeness (QED) is 0.584. The number of ether oxygens (including phenoxy) is 1. The van der Waals surface area contributed by atoms with Gasteiger partial charge in [0, 0.05) is 10.8 Å². The third-order valence-corrected chi connectivity index (χ3v) is 3.32. The molecule has 0 bridgehead atoms. The van der Waals surface area contributed by atoms with Gasteiger partial charge in [0.05, 0.1) is 6.10 Å². The first-order valence-corrected chi connectivity index (χ1v) is 5.91. The third kappa shape index (κ3) is 6.77. The van der Waals surface area contributed by atoms with Crippen molar-refractivity contribution in [2.24, 2.45) is 0 Å². The molecule has 0 spiro atoms. The molecule has 0 amide bonds. The Kier molecular flexibility index (Phi) is 5.98. The lowest BCUT2D eigenvalue weighted by atomic mass is 10.5. The summed E-state index contributed by atoms with van der Waals surface area (Å²) in [5.74, 6) is -0.935. The summed E-state index contributed by atoms with van der Waals surface area (Å²) in [6.45, 7) is 5.00. The highest BCUT2D eigenvalue weighted by Crippen LogP contribution is 2.28. The van der Waals surface area contributed by atoms with Gasteiger partial charge in [0.25, 0.3) is 0 Å². The third-order valence-electron chi connectivity index (χ3n) is 0.940. The van der Waals surface area contributed by atoms with Crippen molar-refractivity contribution >= 4 is 32.9 Å². The largest absolute Gasteiger partial charge is 0.480 e. The molecule has 0 aliphatic carbocycles. The maximum atomic E-state index is 10.9. The topological polar surface area (TPSA) is 63.6 Å². The minimum absolute atomic E-state index is 0.166. The summed E-state index contributed by atoms with van der Waals surface area (Å²) in [4.78, 5) is 21.3. The van der Waals surface area contributed by atoms with Gasteiger partial charge in [-0.05, 0) is 20.8 Å². The van der Waals surface area contributed by atoms with E-state index in [4.69, 9.17) is 9.84 Å². The molecule has 0 saturated carbocycles. The molecule has 0 fully saturated rings. The van der Waals surface area contributed by atoms with Crippen LogP contribution in [0.1, 0.15) is 20.8 Å². The molecule has 1 unspecified atom stereocenters. The Morgan fingerprint density at radius 3 is 2.23 bits per heavy atom. The average molecular weight is 224 g/mol. The Balaban J connectivity index is 3.64. The molecular weight excluding hydrogens is 212 g/mol. The number of carbonyl (C=O) groups is 2. The molecule has 1 atom stereocenters.